The molecular weight excluding hydrogens is 312 g/mol. The summed E-state index contributed by atoms with van der Waals surface area (Å²) >= 11 is 0. The summed E-state index contributed by atoms with van der Waals surface area (Å²) in [5.74, 6) is 0.950. The average Bonchev–Trinajstić information content (AvgIpc) is 2.66. The van der Waals surface area contributed by atoms with E-state index in [-0.39, 0.29) is 12.2 Å². The van der Waals surface area contributed by atoms with Crippen molar-refractivity contribution >= 4 is 0 Å². The van der Waals surface area contributed by atoms with E-state index in [0.29, 0.717) is 13.2 Å². The van der Waals surface area contributed by atoms with E-state index in [9.17, 15) is 0 Å². The van der Waals surface area contributed by atoms with Crippen LogP contribution in [0.3, 0.4) is 0 Å². The first-order valence-corrected chi connectivity index (χ1v) is 10.3. The topological polar surface area (TPSA) is 27.7 Å². The van der Waals surface area contributed by atoms with Crippen molar-refractivity contribution in [1.29, 1.82) is 0 Å². The van der Waals surface area contributed by atoms with Gasteiger partial charge in [-0.2, -0.15) is 0 Å². The molecule has 25 heavy (non-hydrogen) atoms. The van der Waals surface area contributed by atoms with E-state index < -0.39 is 0 Å². The Balaban J connectivity index is 1.65. The second kappa shape index (κ2) is 12.3. The van der Waals surface area contributed by atoms with Gasteiger partial charge in [0, 0.05) is 0 Å². The van der Waals surface area contributed by atoms with Gasteiger partial charge in [0.25, 0.3) is 0 Å². The van der Waals surface area contributed by atoms with Crippen LogP contribution >= 0.6 is 0 Å². The normalized spacial score (nSPS) is 20.6. The van der Waals surface area contributed by atoms with E-state index in [4.69, 9.17) is 14.2 Å². The van der Waals surface area contributed by atoms with E-state index in [1.165, 1.54) is 50.5 Å². The quantitative estimate of drug-likeness (QED) is 0.429. The van der Waals surface area contributed by atoms with E-state index in [1.807, 2.05) is 0 Å². The fraction of sp³-hybridized carbons (Fsp3) is 0.727. The van der Waals surface area contributed by atoms with Crippen molar-refractivity contribution in [3.8, 4) is 5.75 Å². The Hall–Kier alpha value is -1.06. The molecule has 1 saturated heterocycles. The lowest BCUT2D eigenvalue weighted by molar-refractivity contribution is -0.137. The van der Waals surface area contributed by atoms with Crippen LogP contribution in [0.4, 0.5) is 0 Å². The fourth-order valence-corrected chi connectivity index (χ4v) is 3.20. The lowest BCUT2D eigenvalue weighted by atomic mass is 10.1. The molecule has 0 saturated carbocycles. The molecule has 1 fully saturated rings. The van der Waals surface area contributed by atoms with Crippen molar-refractivity contribution in [2.75, 3.05) is 19.8 Å². The van der Waals surface area contributed by atoms with Gasteiger partial charge in [0.05, 0.1) is 25.9 Å². The lowest BCUT2D eigenvalue weighted by Crippen LogP contribution is -2.31. The van der Waals surface area contributed by atoms with Gasteiger partial charge >= 0.3 is 0 Å². The Kier molecular flexibility index (Phi) is 9.98. The zero-order valence-electron chi connectivity index (χ0n) is 16.2. The number of unbranched alkanes of at least 4 members (excludes halogenated alkanes) is 6. The highest BCUT2D eigenvalue weighted by Crippen LogP contribution is 2.26. The molecule has 0 aliphatic carbocycles. The van der Waals surface area contributed by atoms with Crippen LogP contribution in [0.15, 0.2) is 24.3 Å². The molecule has 0 radical (unpaired) electrons. The summed E-state index contributed by atoms with van der Waals surface area (Å²) in [6.07, 6.45) is 11.6. The summed E-state index contributed by atoms with van der Waals surface area (Å²) < 4.78 is 17.8. The molecule has 0 aromatic heterocycles. The number of rotatable bonds is 12. The third-order valence-electron chi connectivity index (χ3n) is 4.86. The van der Waals surface area contributed by atoms with Gasteiger partial charge in [0.2, 0.25) is 0 Å². The van der Waals surface area contributed by atoms with Gasteiger partial charge in [-0.1, -0.05) is 70.9 Å². The third-order valence-corrected chi connectivity index (χ3v) is 4.86. The Labute approximate surface area is 154 Å². The Morgan fingerprint density at radius 1 is 0.840 bits per heavy atom. The highest BCUT2D eigenvalue weighted by molar-refractivity contribution is 5.28. The minimum atomic E-state index is 0.0606. The first-order chi connectivity index (χ1) is 12.3. The molecule has 1 aromatic carbocycles. The smallest absolute Gasteiger partial charge is 0.119 e. The second-order valence-corrected chi connectivity index (χ2v) is 7.10. The molecule has 0 N–H and O–H groups in total. The van der Waals surface area contributed by atoms with Gasteiger partial charge in [-0.3, -0.25) is 0 Å². The maximum absolute atomic E-state index is 6.03. The van der Waals surface area contributed by atoms with Crippen LogP contribution in [-0.2, 0) is 9.47 Å². The molecule has 1 aliphatic heterocycles. The summed E-state index contributed by atoms with van der Waals surface area (Å²) in [5.41, 5.74) is 1.18. The third kappa shape index (κ3) is 7.79. The molecule has 1 aliphatic rings. The summed E-state index contributed by atoms with van der Waals surface area (Å²) in [5, 5.41) is 0. The van der Waals surface area contributed by atoms with E-state index >= 15 is 0 Å². The van der Waals surface area contributed by atoms with Crippen molar-refractivity contribution in [2.24, 2.45) is 0 Å². The van der Waals surface area contributed by atoms with Gasteiger partial charge in [-0.25, -0.2) is 0 Å². The van der Waals surface area contributed by atoms with Crippen LogP contribution in [0.2, 0.25) is 0 Å². The van der Waals surface area contributed by atoms with E-state index in [0.717, 1.165) is 25.2 Å². The molecule has 2 rings (SSSR count). The zero-order valence-corrected chi connectivity index (χ0v) is 16.2. The summed E-state index contributed by atoms with van der Waals surface area (Å²) in [6, 6.07) is 8.32. The second-order valence-electron chi connectivity index (χ2n) is 7.10. The first kappa shape index (κ1) is 20.3. The van der Waals surface area contributed by atoms with Gasteiger partial charge in [-0.15, -0.1) is 0 Å². The predicted octanol–water partition coefficient (Wildman–Crippen LogP) is 6.07. The fourth-order valence-electron chi connectivity index (χ4n) is 3.20. The van der Waals surface area contributed by atoms with Crippen molar-refractivity contribution in [2.45, 2.75) is 83.8 Å². The van der Waals surface area contributed by atoms with Gasteiger partial charge < -0.3 is 14.2 Å². The summed E-state index contributed by atoms with van der Waals surface area (Å²) in [4.78, 5) is 0. The van der Waals surface area contributed by atoms with Gasteiger partial charge in [0.15, 0.2) is 0 Å². The highest BCUT2D eigenvalue weighted by atomic mass is 16.6. The predicted molar refractivity (Wildman–Crippen MR) is 103 cm³/mol. The minimum absolute atomic E-state index is 0.0606. The monoisotopic (exact) mass is 348 g/mol. The molecule has 1 heterocycles. The van der Waals surface area contributed by atoms with Crippen LogP contribution in [-0.4, -0.2) is 25.9 Å². The summed E-state index contributed by atoms with van der Waals surface area (Å²) in [6.45, 7) is 6.66. The molecular formula is C22H36O3. The van der Waals surface area contributed by atoms with Crippen LogP contribution < -0.4 is 4.74 Å². The molecule has 2 unspecified atom stereocenters. The zero-order chi connectivity index (χ0) is 17.7. The van der Waals surface area contributed by atoms with Crippen LogP contribution in [0.5, 0.6) is 5.75 Å². The Morgan fingerprint density at radius 2 is 1.56 bits per heavy atom. The number of benzene rings is 1. The highest BCUT2D eigenvalue weighted by Gasteiger charge is 2.23. The van der Waals surface area contributed by atoms with Crippen molar-refractivity contribution in [1.82, 2.24) is 0 Å². The van der Waals surface area contributed by atoms with Crippen molar-refractivity contribution in [3.05, 3.63) is 29.8 Å². The molecule has 3 nitrogen and oxygen atoms in total. The molecule has 0 amide bonds. The largest absolute Gasteiger partial charge is 0.494 e. The number of hydrogen-bond donors (Lipinski definition) is 0. The summed E-state index contributed by atoms with van der Waals surface area (Å²) in [7, 11) is 0. The maximum Gasteiger partial charge on any atom is 0.119 e. The molecule has 0 spiro atoms. The molecule has 1 aromatic rings. The Bertz CT molecular complexity index is 435. The van der Waals surface area contributed by atoms with Gasteiger partial charge in [0.1, 0.15) is 11.9 Å². The molecule has 0 bridgehead atoms. The minimum Gasteiger partial charge on any atom is -0.494 e. The van der Waals surface area contributed by atoms with Crippen LogP contribution in [0, 0.1) is 0 Å². The van der Waals surface area contributed by atoms with E-state index in [2.05, 4.69) is 38.1 Å². The maximum atomic E-state index is 6.03. The first-order valence-electron chi connectivity index (χ1n) is 10.3. The van der Waals surface area contributed by atoms with Crippen molar-refractivity contribution < 1.29 is 14.2 Å². The molecule has 2 atom stereocenters. The van der Waals surface area contributed by atoms with Gasteiger partial charge in [-0.05, 0) is 30.5 Å². The standard InChI is InChI=1S/C22H36O3/c1-3-5-7-9-11-21-17-25-22(18-24-21)19-12-14-20(15-13-19)23-16-10-8-6-4-2/h12-15,21-22H,3-11,16-18H2,1-2H3. The lowest BCUT2D eigenvalue weighted by Gasteiger charge is -2.30. The average molecular weight is 349 g/mol. The SMILES string of the molecule is CCCCCCOc1ccc(C2COC(CCCCCC)CO2)cc1. The van der Waals surface area contributed by atoms with Crippen molar-refractivity contribution in [3.63, 3.8) is 0 Å². The number of ether oxygens (including phenoxy) is 3. The van der Waals surface area contributed by atoms with Crippen LogP contribution in [0.1, 0.15) is 83.3 Å². The molecule has 142 valence electrons. The van der Waals surface area contributed by atoms with Crippen LogP contribution in [0.25, 0.3) is 0 Å². The van der Waals surface area contributed by atoms with E-state index in [1.54, 1.807) is 0 Å². The number of hydrogen-bond acceptors (Lipinski definition) is 3. The Morgan fingerprint density at radius 3 is 2.20 bits per heavy atom. The molecule has 3 heteroatoms.